The zero-order valence-corrected chi connectivity index (χ0v) is 18.1. The molecular weight excluding hydrogens is 400 g/mol. The van der Waals surface area contributed by atoms with Gasteiger partial charge in [0.1, 0.15) is 16.4 Å². The topological polar surface area (TPSA) is 81.4 Å². The van der Waals surface area contributed by atoms with E-state index >= 15 is 0 Å². The normalized spacial score (nSPS) is 15.9. The Kier molecular flexibility index (Phi) is 5.90. The molecule has 6 nitrogen and oxygen atoms in total. The number of aromatic nitrogens is 2. The molecule has 1 unspecified atom stereocenters. The first-order chi connectivity index (χ1) is 14.5. The Hall–Kier alpha value is -2.67. The molecule has 158 valence electrons. The molecule has 2 heterocycles. The third-order valence-electron chi connectivity index (χ3n) is 5.81. The maximum absolute atomic E-state index is 13.5. The summed E-state index contributed by atoms with van der Waals surface area (Å²) in [6.07, 6.45) is 3.87. The zero-order valence-electron chi connectivity index (χ0n) is 17.3. The lowest BCUT2D eigenvalue weighted by molar-refractivity contribution is -0.137. The fourth-order valence-corrected chi connectivity index (χ4v) is 5.63. The summed E-state index contributed by atoms with van der Waals surface area (Å²) in [5.41, 5.74) is 2.07. The van der Waals surface area contributed by atoms with Gasteiger partial charge in [-0.1, -0.05) is 25.1 Å². The number of carboxylic acid groups (broad SMARTS) is 1. The van der Waals surface area contributed by atoms with Crippen LogP contribution < -0.4 is 10.3 Å². The molecule has 7 heteroatoms. The van der Waals surface area contributed by atoms with E-state index in [1.807, 2.05) is 24.3 Å². The van der Waals surface area contributed by atoms with Crippen molar-refractivity contribution in [3.05, 3.63) is 56.4 Å². The van der Waals surface area contributed by atoms with Gasteiger partial charge in [0.15, 0.2) is 0 Å². The summed E-state index contributed by atoms with van der Waals surface area (Å²) < 4.78 is 7.16. The van der Waals surface area contributed by atoms with E-state index in [1.54, 1.807) is 23.0 Å². The molecule has 2 aromatic heterocycles. The van der Waals surface area contributed by atoms with E-state index in [0.29, 0.717) is 31.1 Å². The lowest BCUT2D eigenvalue weighted by Gasteiger charge is -2.18. The van der Waals surface area contributed by atoms with E-state index in [4.69, 9.17) is 14.8 Å². The minimum Gasteiger partial charge on any atom is -0.496 e. The molecule has 1 N–H and O–H groups in total. The van der Waals surface area contributed by atoms with Gasteiger partial charge >= 0.3 is 5.97 Å². The summed E-state index contributed by atoms with van der Waals surface area (Å²) in [7, 11) is 1.63. The smallest absolute Gasteiger partial charge is 0.303 e. The number of carboxylic acids is 1. The Labute approximate surface area is 179 Å². The molecule has 0 saturated carbocycles. The summed E-state index contributed by atoms with van der Waals surface area (Å²) in [5.74, 6) is 1.18. The number of methoxy groups -OCH3 is 1. The highest BCUT2D eigenvalue weighted by Gasteiger charge is 2.25. The van der Waals surface area contributed by atoms with Crippen LogP contribution in [0.5, 0.6) is 5.75 Å². The summed E-state index contributed by atoms with van der Waals surface area (Å²) in [6, 6.07) is 7.71. The summed E-state index contributed by atoms with van der Waals surface area (Å²) in [5, 5.41) is 9.77. The van der Waals surface area contributed by atoms with Crippen molar-refractivity contribution in [2.45, 2.75) is 52.0 Å². The third-order valence-corrected chi connectivity index (χ3v) is 6.96. The molecule has 3 aromatic rings. The number of benzene rings is 1. The lowest BCUT2D eigenvalue weighted by Crippen LogP contribution is -2.26. The Morgan fingerprint density at radius 3 is 2.93 bits per heavy atom. The van der Waals surface area contributed by atoms with Crippen molar-refractivity contribution < 1.29 is 14.6 Å². The number of fused-ring (bicyclic) bond motifs is 3. The van der Waals surface area contributed by atoms with Crippen molar-refractivity contribution in [2.24, 2.45) is 5.92 Å². The van der Waals surface area contributed by atoms with Crippen LogP contribution >= 0.6 is 11.3 Å². The average molecular weight is 427 g/mol. The number of carbonyl (C=O) groups is 1. The minimum absolute atomic E-state index is 0.0256. The van der Waals surface area contributed by atoms with Gasteiger partial charge in [0.05, 0.1) is 12.5 Å². The van der Waals surface area contributed by atoms with E-state index in [1.165, 1.54) is 4.88 Å². The molecule has 1 aliphatic rings. The second kappa shape index (κ2) is 8.60. The highest BCUT2D eigenvalue weighted by atomic mass is 32.1. The van der Waals surface area contributed by atoms with E-state index in [0.717, 1.165) is 46.4 Å². The van der Waals surface area contributed by atoms with Crippen molar-refractivity contribution in [1.82, 2.24) is 9.55 Å². The van der Waals surface area contributed by atoms with Gasteiger partial charge in [-0.25, -0.2) is 4.98 Å². The van der Waals surface area contributed by atoms with E-state index in [-0.39, 0.29) is 12.0 Å². The molecule has 1 aromatic carbocycles. The van der Waals surface area contributed by atoms with Crippen LogP contribution in [0.25, 0.3) is 10.2 Å². The number of ether oxygens (including phenoxy) is 1. The second-order valence-electron chi connectivity index (χ2n) is 8.00. The minimum atomic E-state index is -0.856. The maximum atomic E-state index is 13.5. The first-order valence-electron chi connectivity index (χ1n) is 10.4. The summed E-state index contributed by atoms with van der Waals surface area (Å²) in [6.45, 7) is 2.59. The van der Waals surface area contributed by atoms with Gasteiger partial charge in [-0.3, -0.25) is 14.2 Å². The van der Waals surface area contributed by atoms with Gasteiger partial charge in [0.2, 0.25) is 0 Å². The molecule has 1 atom stereocenters. The second-order valence-corrected chi connectivity index (χ2v) is 9.09. The highest BCUT2D eigenvalue weighted by Crippen LogP contribution is 2.36. The zero-order chi connectivity index (χ0) is 21.3. The SMILES string of the molecule is COc1ccccc1Cc1nc2sc3c(c2c(=O)n1CCCC(=O)O)CCC(C)C3. The van der Waals surface area contributed by atoms with Crippen LogP contribution in [0, 0.1) is 5.92 Å². The molecule has 0 amide bonds. The van der Waals surface area contributed by atoms with E-state index in [2.05, 4.69) is 6.92 Å². The number of aryl methyl sites for hydroxylation is 1. The maximum Gasteiger partial charge on any atom is 0.303 e. The molecule has 0 aliphatic heterocycles. The molecule has 4 rings (SSSR count). The lowest BCUT2D eigenvalue weighted by atomic mass is 9.89. The van der Waals surface area contributed by atoms with Gasteiger partial charge in [-0.15, -0.1) is 11.3 Å². The standard InChI is InChI=1S/C23H26N2O4S/c1-14-9-10-16-18(12-14)30-22-21(16)23(28)25(11-5-8-20(26)27)19(24-22)13-15-6-3-4-7-17(15)29-2/h3-4,6-7,14H,5,8-13H2,1-2H3,(H,26,27). The molecule has 0 saturated heterocycles. The number of hydrogen-bond donors (Lipinski definition) is 1. The largest absolute Gasteiger partial charge is 0.496 e. The summed E-state index contributed by atoms with van der Waals surface area (Å²) in [4.78, 5) is 31.5. The van der Waals surface area contributed by atoms with E-state index in [9.17, 15) is 9.59 Å². The first-order valence-corrected chi connectivity index (χ1v) is 11.2. The average Bonchev–Trinajstić information content (AvgIpc) is 3.07. The number of hydrogen-bond acceptors (Lipinski definition) is 5. The van der Waals surface area contributed by atoms with Crippen LogP contribution in [-0.4, -0.2) is 27.7 Å². The van der Waals surface area contributed by atoms with Gasteiger partial charge in [0.25, 0.3) is 5.56 Å². The van der Waals surface area contributed by atoms with Gasteiger partial charge in [-0.05, 0) is 43.2 Å². The number of aliphatic carboxylic acids is 1. The molecule has 0 fully saturated rings. The Balaban J connectivity index is 1.82. The number of thiophene rings is 1. The molecule has 0 spiro atoms. The molecule has 30 heavy (non-hydrogen) atoms. The number of para-hydroxylation sites is 1. The number of rotatable bonds is 7. The quantitative estimate of drug-likeness (QED) is 0.616. The Morgan fingerprint density at radius 1 is 1.37 bits per heavy atom. The van der Waals surface area contributed by atoms with Crippen molar-refractivity contribution in [3.8, 4) is 5.75 Å². The molecule has 0 bridgehead atoms. The van der Waals surface area contributed by atoms with Crippen LogP contribution in [0.2, 0.25) is 0 Å². The van der Waals surface area contributed by atoms with Crippen LogP contribution in [0.15, 0.2) is 29.1 Å². The van der Waals surface area contributed by atoms with Crippen molar-refractivity contribution in [1.29, 1.82) is 0 Å². The van der Waals surface area contributed by atoms with Crippen LogP contribution in [0.3, 0.4) is 0 Å². The Morgan fingerprint density at radius 2 is 2.17 bits per heavy atom. The van der Waals surface area contributed by atoms with Gasteiger partial charge < -0.3 is 9.84 Å². The molecule has 1 aliphatic carbocycles. The Bertz CT molecular complexity index is 1150. The van der Waals surface area contributed by atoms with Crippen molar-refractivity contribution >= 4 is 27.5 Å². The third kappa shape index (κ3) is 3.99. The van der Waals surface area contributed by atoms with Crippen LogP contribution in [0.4, 0.5) is 0 Å². The molecule has 0 radical (unpaired) electrons. The fraction of sp³-hybridized carbons (Fsp3) is 0.435. The predicted molar refractivity (Wildman–Crippen MR) is 118 cm³/mol. The van der Waals surface area contributed by atoms with Crippen LogP contribution in [0.1, 0.15) is 48.0 Å². The van der Waals surface area contributed by atoms with E-state index < -0.39 is 5.97 Å². The summed E-state index contributed by atoms with van der Waals surface area (Å²) >= 11 is 1.64. The van der Waals surface area contributed by atoms with Gasteiger partial charge in [-0.2, -0.15) is 0 Å². The van der Waals surface area contributed by atoms with Crippen molar-refractivity contribution in [3.63, 3.8) is 0 Å². The predicted octanol–water partition coefficient (Wildman–Crippen LogP) is 4.05. The fourth-order valence-electron chi connectivity index (χ4n) is 4.24. The van der Waals surface area contributed by atoms with Crippen LogP contribution in [-0.2, 0) is 30.6 Å². The number of nitrogens with zero attached hydrogens (tertiary/aromatic N) is 2. The van der Waals surface area contributed by atoms with Crippen molar-refractivity contribution in [2.75, 3.05) is 7.11 Å². The highest BCUT2D eigenvalue weighted by molar-refractivity contribution is 7.18. The monoisotopic (exact) mass is 426 g/mol. The van der Waals surface area contributed by atoms with Gasteiger partial charge in [0, 0.05) is 29.8 Å². The molecular formula is C23H26N2O4S. The first kappa shape index (κ1) is 20.6.